The van der Waals surface area contributed by atoms with Crippen molar-refractivity contribution in [3.63, 3.8) is 0 Å². The van der Waals surface area contributed by atoms with Crippen LogP contribution in [0.2, 0.25) is 0 Å². The minimum atomic E-state index is -0.167. The fraction of sp³-hybridized carbons (Fsp3) is 0.929. The molecule has 17 heavy (non-hydrogen) atoms. The number of hydrogen-bond donors (Lipinski definition) is 0. The monoisotopic (exact) mass is 244 g/mol. The van der Waals surface area contributed by atoms with Gasteiger partial charge in [0.25, 0.3) is 0 Å². The second-order valence-electron chi connectivity index (χ2n) is 5.12. The van der Waals surface area contributed by atoms with Crippen LogP contribution in [0.3, 0.4) is 0 Å². The molecule has 0 aliphatic rings. The number of esters is 1. The maximum atomic E-state index is 11.0. The van der Waals surface area contributed by atoms with Gasteiger partial charge in [-0.2, -0.15) is 0 Å². The molecule has 1 atom stereocenters. The molecule has 3 heteroatoms. The van der Waals surface area contributed by atoms with Crippen molar-refractivity contribution < 1.29 is 14.0 Å². The molecule has 0 N–H and O–H groups in total. The Bertz CT molecular complexity index is 199. The van der Waals surface area contributed by atoms with E-state index in [0.29, 0.717) is 0 Å². The molecule has 0 fully saturated rings. The van der Waals surface area contributed by atoms with Gasteiger partial charge in [0.05, 0.1) is 19.6 Å². The number of nitrogens with zero attached hydrogens (tertiary/aromatic N) is 1. The summed E-state index contributed by atoms with van der Waals surface area (Å²) in [5.41, 5.74) is 0. The normalized spacial score (nSPS) is 13.5. The summed E-state index contributed by atoms with van der Waals surface area (Å²) in [6.45, 7) is 14.7. The maximum absolute atomic E-state index is 11.0. The van der Waals surface area contributed by atoms with Crippen molar-refractivity contribution in [1.29, 1.82) is 0 Å². The molecular weight excluding hydrogens is 214 g/mol. The van der Waals surface area contributed by atoms with Gasteiger partial charge in [0, 0.05) is 6.92 Å². The molecule has 0 saturated carbocycles. The first kappa shape index (κ1) is 16.4. The van der Waals surface area contributed by atoms with E-state index in [1.807, 2.05) is 6.92 Å². The highest BCUT2D eigenvalue weighted by atomic mass is 16.5. The molecular formula is C14H30NO2+. The van der Waals surface area contributed by atoms with Gasteiger partial charge in [-0.1, -0.05) is 20.8 Å². The summed E-state index contributed by atoms with van der Waals surface area (Å²) in [6.07, 6.45) is 3.59. The number of ether oxygens (including phenoxy) is 1. The van der Waals surface area contributed by atoms with Crippen LogP contribution in [0.4, 0.5) is 0 Å². The van der Waals surface area contributed by atoms with Gasteiger partial charge in [-0.05, 0) is 26.2 Å². The van der Waals surface area contributed by atoms with E-state index >= 15 is 0 Å². The lowest BCUT2D eigenvalue weighted by molar-refractivity contribution is -0.930. The molecule has 0 radical (unpaired) electrons. The summed E-state index contributed by atoms with van der Waals surface area (Å²) in [7, 11) is 0. The summed E-state index contributed by atoms with van der Waals surface area (Å²) in [6, 6.07) is 0. The third-order valence-corrected chi connectivity index (χ3v) is 3.11. The highest BCUT2D eigenvalue weighted by molar-refractivity contribution is 5.66. The Morgan fingerprint density at radius 2 is 1.47 bits per heavy atom. The fourth-order valence-electron chi connectivity index (χ4n) is 2.90. The first-order valence-corrected chi connectivity index (χ1v) is 7.02. The molecule has 0 saturated heterocycles. The van der Waals surface area contributed by atoms with Crippen LogP contribution >= 0.6 is 0 Å². The average molecular weight is 244 g/mol. The zero-order valence-electron chi connectivity index (χ0n) is 12.3. The second kappa shape index (κ2) is 8.51. The number of carbonyl (C=O) groups excluding carboxylic acids is 1. The first-order chi connectivity index (χ1) is 7.99. The van der Waals surface area contributed by atoms with Gasteiger partial charge in [-0.3, -0.25) is 4.79 Å². The van der Waals surface area contributed by atoms with Gasteiger partial charge in [-0.15, -0.1) is 0 Å². The average Bonchev–Trinajstić information content (AvgIpc) is 2.16. The van der Waals surface area contributed by atoms with Crippen molar-refractivity contribution in [2.45, 2.75) is 60.0 Å². The van der Waals surface area contributed by atoms with E-state index in [0.717, 1.165) is 11.0 Å². The second-order valence-corrected chi connectivity index (χ2v) is 5.12. The van der Waals surface area contributed by atoms with Crippen LogP contribution in [-0.2, 0) is 9.53 Å². The van der Waals surface area contributed by atoms with Gasteiger partial charge in [0.2, 0.25) is 0 Å². The molecule has 0 heterocycles. The van der Waals surface area contributed by atoms with Gasteiger partial charge in [0.15, 0.2) is 0 Å². The highest BCUT2D eigenvalue weighted by Gasteiger charge is 2.28. The molecule has 0 aromatic heterocycles. The molecule has 0 rings (SSSR count). The van der Waals surface area contributed by atoms with Crippen LogP contribution in [-0.4, -0.2) is 42.7 Å². The molecule has 0 aliphatic heterocycles. The fourth-order valence-corrected chi connectivity index (χ4v) is 2.90. The largest absolute Gasteiger partial charge is 0.457 e. The molecule has 102 valence electrons. The highest BCUT2D eigenvalue weighted by Crippen LogP contribution is 2.14. The molecule has 0 spiro atoms. The van der Waals surface area contributed by atoms with E-state index in [4.69, 9.17) is 4.74 Å². The van der Waals surface area contributed by atoms with Crippen LogP contribution < -0.4 is 0 Å². The van der Waals surface area contributed by atoms with Crippen LogP contribution in [0.1, 0.15) is 53.9 Å². The molecule has 1 unspecified atom stereocenters. The van der Waals surface area contributed by atoms with Crippen molar-refractivity contribution in [3.8, 4) is 0 Å². The summed E-state index contributed by atoms with van der Waals surface area (Å²) in [5, 5.41) is 0. The van der Waals surface area contributed by atoms with Crippen LogP contribution in [0.5, 0.6) is 0 Å². The third-order valence-electron chi connectivity index (χ3n) is 3.11. The van der Waals surface area contributed by atoms with E-state index in [9.17, 15) is 4.79 Å². The van der Waals surface area contributed by atoms with Gasteiger partial charge in [0.1, 0.15) is 12.6 Å². The lowest BCUT2D eigenvalue weighted by Gasteiger charge is -2.40. The molecule has 0 aromatic rings. The predicted molar refractivity (Wildman–Crippen MR) is 71.8 cm³/mol. The van der Waals surface area contributed by atoms with Gasteiger partial charge in [-0.25, -0.2) is 0 Å². The van der Waals surface area contributed by atoms with Crippen molar-refractivity contribution in [3.05, 3.63) is 0 Å². The maximum Gasteiger partial charge on any atom is 0.303 e. The van der Waals surface area contributed by atoms with E-state index in [2.05, 4.69) is 20.8 Å². The van der Waals surface area contributed by atoms with Crippen molar-refractivity contribution in [2.75, 3.05) is 26.2 Å². The van der Waals surface area contributed by atoms with Crippen LogP contribution in [0.15, 0.2) is 0 Å². The van der Waals surface area contributed by atoms with Gasteiger partial charge >= 0.3 is 5.97 Å². The number of quaternary nitrogens is 1. The Kier molecular flexibility index (Phi) is 8.23. The summed E-state index contributed by atoms with van der Waals surface area (Å²) >= 11 is 0. The van der Waals surface area contributed by atoms with Crippen LogP contribution in [0.25, 0.3) is 0 Å². The van der Waals surface area contributed by atoms with E-state index in [1.54, 1.807) is 0 Å². The van der Waals surface area contributed by atoms with Crippen molar-refractivity contribution in [1.82, 2.24) is 0 Å². The molecule has 0 amide bonds. The van der Waals surface area contributed by atoms with E-state index < -0.39 is 0 Å². The quantitative estimate of drug-likeness (QED) is 0.460. The topological polar surface area (TPSA) is 26.3 Å². The molecule has 0 bridgehead atoms. The minimum absolute atomic E-state index is 0.0251. The molecule has 0 aromatic carbocycles. The smallest absolute Gasteiger partial charge is 0.303 e. The Morgan fingerprint density at radius 1 is 1.06 bits per heavy atom. The lowest BCUT2D eigenvalue weighted by Crippen LogP contribution is -2.53. The van der Waals surface area contributed by atoms with Crippen LogP contribution in [0, 0.1) is 0 Å². The minimum Gasteiger partial charge on any atom is -0.457 e. The standard InChI is InChI=1S/C14H30NO2/c1-6-9-15(10-7-2,11-8-3)12-13(4)17-14(5)16/h13H,6-12H2,1-5H3/q+1. The molecule has 3 nitrogen and oxygen atoms in total. The summed E-state index contributed by atoms with van der Waals surface area (Å²) < 4.78 is 6.39. The molecule has 0 aliphatic carbocycles. The van der Waals surface area contributed by atoms with Gasteiger partial charge < -0.3 is 9.22 Å². The SMILES string of the molecule is CCC[N+](CCC)(CCC)CC(C)OC(C)=O. The Morgan fingerprint density at radius 3 is 1.76 bits per heavy atom. The Labute approximate surface area is 107 Å². The number of carbonyl (C=O) groups is 1. The van der Waals surface area contributed by atoms with Crippen molar-refractivity contribution in [2.24, 2.45) is 0 Å². The Balaban J connectivity index is 4.56. The van der Waals surface area contributed by atoms with Crippen molar-refractivity contribution >= 4 is 5.97 Å². The zero-order valence-corrected chi connectivity index (χ0v) is 12.3. The van der Waals surface area contributed by atoms with E-state index in [-0.39, 0.29) is 12.1 Å². The lowest BCUT2D eigenvalue weighted by atomic mass is 10.2. The number of hydrogen-bond acceptors (Lipinski definition) is 2. The summed E-state index contributed by atoms with van der Waals surface area (Å²) in [4.78, 5) is 11.0. The Hall–Kier alpha value is -0.570. The van der Waals surface area contributed by atoms with E-state index in [1.165, 1.54) is 45.8 Å². The third kappa shape index (κ3) is 6.67. The first-order valence-electron chi connectivity index (χ1n) is 7.02. The zero-order chi connectivity index (χ0) is 13.3. The predicted octanol–water partition coefficient (Wildman–Crippen LogP) is 2.98. The number of rotatable bonds is 9. The summed E-state index contributed by atoms with van der Waals surface area (Å²) in [5.74, 6) is -0.167.